The number of allylic oxidation sites excluding steroid dienone is 4. The number of anilines is 6. The van der Waals surface area contributed by atoms with E-state index in [0.29, 0.717) is 0 Å². The topological polar surface area (TPSA) is 16.3 Å². The van der Waals surface area contributed by atoms with Gasteiger partial charge in [0.25, 0.3) is 0 Å². The lowest BCUT2D eigenvalue weighted by Gasteiger charge is -2.26. The summed E-state index contributed by atoms with van der Waals surface area (Å²) in [4.78, 5) is 4.75. The maximum Gasteiger partial charge on any atom is 0.0560 e. The van der Waals surface area contributed by atoms with Crippen LogP contribution in [0.15, 0.2) is 298 Å². The van der Waals surface area contributed by atoms with Crippen LogP contribution in [0, 0.1) is 0 Å². The fourth-order valence-corrected chi connectivity index (χ4v) is 11.9. The van der Waals surface area contributed by atoms with E-state index in [4.69, 9.17) is 0 Å². The number of para-hydroxylation sites is 3. The van der Waals surface area contributed by atoms with Crippen molar-refractivity contribution < 1.29 is 0 Å². The molecule has 380 valence electrons. The zero-order valence-electron chi connectivity index (χ0n) is 44.3. The van der Waals surface area contributed by atoms with Crippen molar-refractivity contribution in [2.75, 3.05) is 9.80 Å². The highest BCUT2D eigenvalue weighted by atomic mass is 15.1. The van der Waals surface area contributed by atoms with Gasteiger partial charge in [0.2, 0.25) is 0 Å². The van der Waals surface area contributed by atoms with Crippen LogP contribution in [-0.4, -0.2) is 9.13 Å². The summed E-state index contributed by atoms with van der Waals surface area (Å²) in [5.41, 5.74) is 21.7. The first-order chi connectivity index (χ1) is 39.6. The Bertz CT molecular complexity index is 4490. The van der Waals surface area contributed by atoms with Crippen molar-refractivity contribution in [1.29, 1.82) is 0 Å². The second kappa shape index (κ2) is 20.5. The molecule has 0 N–H and O–H groups in total. The Hall–Kier alpha value is -10.4. The van der Waals surface area contributed by atoms with Crippen molar-refractivity contribution in [3.63, 3.8) is 0 Å². The van der Waals surface area contributed by atoms with Crippen LogP contribution in [-0.2, 0) is 0 Å². The molecule has 1 aliphatic rings. The molecule has 0 aliphatic heterocycles. The normalized spacial score (nSPS) is 13.1. The molecule has 4 heteroatoms. The first-order valence-corrected chi connectivity index (χ1v) is 27.5. The maximum absolute atomic E-state index is 3.97. The Morgan fingerprint density at radius 1 is 0.338 bits per heavy atom. The predicted octanol–water partition coefficient (Wildman–Crippen LogP) is 21.2. The van der Waals surface area contributed by atoms with E-state index in [9.17, 15) is 0 Å². The van der Waals surface area contributed by atoms with E-state index in [1.54, 1.807) is 0 Å². The molecule has 0 saturated heterocycles. The van der Waals surface area contributed by atoms with E-state index in [0.717, 1.165) is 74.0 Å². The smallest absolute Gasteiger partial charge is 0.0560 e. The van der Waals surface area contributed by atoms with Gasteiger partial charge < -0.3 is 18.9 Å². The lowest BCUT2D eigenvalue weighted by molar-refractivity contribution is 0.648. The quantitative estimate of drug-likeness (QED) is 0.114. The molecule has 1 aliphatic carbocycles. The number of benzene rings is 11. The van der Waals surface area contributed by atoms with Crippen molar-refractivity contribution in [2.24, 2.45) is 0 Å². The summed E-state index contributed by atoms with van der Waals surface area (Å²) in [6, 6.07) is 95.4. The van der Waals surface area contributed by atoms with Crippen molar-refractivity contribution in [2.45, 2.75) is 12.5 Å². The average molecular weight is 1030 g/mol. The Labute approximate surface area is 467 Å². The highest BCUT2D eigenvalue weighted by molar-refractivity contribution is 6.13. The molecule has 0 bridgehead atoms. The minimum absolute atomic E-state index is 0.224. The van der Waals surface area contributed by atoms with Gasteiger partial charge in [0, 0.05) is 72.4 Å². The molecule has 1 atom stereocenters. The molecule has 0 spiro atoms. The van der Waals surface area contributed by atoms with Crippen molar-refractivity contribution in [1.82, 2.24) is 9.13 Å². The number of rotatable bonds is 13. The first-order valence-electron chi connectivity index (χ1n) is 27.5. The molecule has 14 rings (SSSR count). The molecule has 0 radical (unpaired) electrons. The van der Waals surface area contributed by atoms with Gasteiger partial charge in [-0.05, 0) is 172 Å². The van der Waals surface area contributed by atoms with E-state index in [-0.39, 0.29) is 6.04 Å². The Morgan fingerprint density at radius 3 is 1.18 bits per heavy atom. The van der Waals surface area contributed by atoms with E-state index in [1.807, 2.05) is 12.2 Å². The number of hydrogen-bond donors (Lipinski definition) is 0. The minimum atomic E-state index is 0.224. The van der Waals surface area contributed by atoms with Crippen LogP contribution in [0.25, 0.3) is 94.8 Å². The largest absolute Gasteiger partial charge is 0.333 e. The second-order valence-corrected chi connectivity index (χ2v) is 20.6. The molecule has 0 saturated carbocycles. The van der Waals surface area contributed by atoms with Gasteiger partial charge in [0.15, 0.2) is 0 Å². The third kappa shape index (κ3) is 8.70. The van der Waals surface area contributed by atoms with Crippen LogP contribution in [0.4, 0.5) is 34.1 Å². The van der Waals surface area contributed by atoms with Crippen LogP contribution >= 0.6 is 0 Å². The SMILES string of the molecule is C=Cc1ccc(-c2ccc3c(c2)c2cc(N(c4ccccc4)c4ccc(-c5ccc(N(c6ccccc6)c6ccc7c(c6)c6cc(-c8ccc(C=C)cc8)ccc6n7C6C=CC=CC6)cc5)cc4)ccc2n3-c2ccccc2)cc1. The molecule has 1 unspecified atom stereocenters. The molecular formula is C76H56N4. The van der Waals surface area contributed by atoms with Gasteiger partial charge >= 0.3 is 0 Å². The second-order valence-electron chi connectivity index (χ2n) is 20.6. The number of aromatic nitrogens is 2. The summed E-state index contributed by atoms with van der Waals surface area (Å²) < 4.78 is 4.91. The average Bonchev–Trinajstić information content (AvgIpc) is 4.15. The van der Waals surface area contributed by atoms with E-state index < -0.39 is 0 Å². The van der Waals surface area contributed by atoms with Gasteiger partial charge in [-0.3, -0.25) is 0 Å². The molecule has 80 heavy (non-hydrogen) atoms. The molecule has 2 aromatic heterocycles. The molecule has 13 aromatic rings. The molecule has 4 nitrogen and oxygen atoms in total. The van der Waals surface area contributed by atoms with Crippen LogP contribution in [0.1, 0.15) is 23.6 Å². The molecule has 11 aromatic carbocycles. The van der Waals surface area contributed by atoms with Gasteiger partial charge in [-0.15, -0.1) is 0 Å². The van der Waals surface area contributed by atoms with Crippen LogP contribution < -0.4 is 9.80 Å². The fourth-order valence-electron chi connectivity index (χ4n) is 11.9. The van der Waals surface area contributed by atoms with E-state index in [1.165, 1.54) is 60.3 Å². The van der Waals surface area contributed by atoms with Crippen molar-refractivity contribution >= 4 is 89.9 Å². The Morgan fingerprint density at radius 2 is 0.700 bits per heavy atom. The van der Waals surface area contributed by atoms with Gasteiger partial charge in [-0.2, -0.15) is 0 Å². The van der Waals surface area contributed by atoms with E-state index >= 15 is 0 Å². The van der Waals surface area contributed by atoms with Gasteiger partial charge in [0.05, 0.1) is 17.1 Å². The number of nitrogens with zero attached hydrogens (tertiary/aromatic N) is 4. The summed E-state index contributed by atoms with van der Waals surface area (Å²) in [6.07, 6.45) is 13.7. The molecule has 0 fully saturated rings. The van der Waals surface area contributed by atoms with Crippen LogP contribution in [0.3, 0.4) is 0 Å². The Kier molecular flexibility index (Phi) is 12.3. The summed E-state index contributed by atoms with van der Waals surface area (Å²) in [7, 11) is 0. The third-order valence-electron chi connectivity index (χ3n) is 15.9. The highest BCUT2D eigenvalue weighted by Gasteiger charge is 2.22. The predicted molar refractivity (Wildman–Crippen MR) is 342 cm³/mol. The first kappa shape index (κ1) is 48.0. The van der Waals surface area contributed by atoms with Crippen LogP contribution in [0.2, 0.25) is 0 Å². The lowest BCUT2D eigenvalue weighted by atomic mass is 10.0. The third-order valence-corrected chi connectivity index (χ3v) is 15.9. The van der Waals surface area contributed by atoms with Gasteiger partial charge in [-0.25, -0.2) is 0 Å². The molecule has 0 amide bonds. The minimum Gasteiger partial charge on any atom is -0.333 e. The lowest BCUT2D eigenvalue weighted by Crippen LogP contribution is -2.10. The maximum atomic E-state index is 3.97. The summed E-state index contributed by atoms with van der Waals surface area (Å²) in [5.74, 6) is 0. The Balaban J connectivity index is 0.825. The summed E-state index contributed by atoms with van der Waals surface area (Å²) in [5, 5.41) is 4.86. The molecule has 2 heterocycles. The zero-order chi connectivity index (χ0) is 53.5. The van der Waals surface area contributed by atoms with Gasteiger partial charge in [-0.1, -0.05) is 189 Å². The summed E-state index contributed by atoms with van der Waals surface area (Å²) in [6.45, 7) is 7.94. The monoisotopic (exact) mass is 1020 g/mol. The van der Waals surface area contributed by atoms with Crippen molar-refractivity contribution in [3.8, 4) is 39.1 Å². The van der Waals surface area contributed by atoms with Crippen molar-refractivity contribution in [3.05, 3.63) is 309 Å². The van der Waals surface area contributed by atoms with Crippen LogP contribution in [0.5, 0.6) is 0 Å². The number of hydrogen-bond acceptors (Lipinski definition) is 2. The fraction of sp³-hybridized carbons (Fsp3) is 0.0263. The summed E-state index contributed by atoms with van der Waals surface area (Å²) >= 11 is 0. The van der Waals surface area contributed by atoms with E-state index in [2.05, 4.69) is 317 Å². The zero-order valence-corrected chi connectivity index (χ0v) is 44.3. The molecular weight excluding hydrogens is 969 g/mol. The standard InChI is InChI=1S/C76H56N4/c1-3-53-25-29-57(30-26-53)59-37-45-73-69(49-59)71-51-67(43-47-75(71)79(73)63-21-13-7-14-22-63)77(61-17-9-5-10-18-61)65-39-33-55(34-40-65)56-35-41-66(42-36-56)78(62-19-11-6-12-20-62)68-44-48-76-72(52-68)70-50-60(58-31-27-54(4-2)28-32-58)38-46-74(70)80(76)64-23-15-8-16-24-64/h3-23,25-52,64H,1-2,24H2. The highest BCUT2D eigenvalue weighted by Crippen LogP contribution is 2.44. The number of fused-ring (bicyclic) bond motifs is 6. The van der Waals surface area contributed by atoms with Gasteiger partial charge in [0.1, 0.15) is 0 Å².